The second-order valence-electron chi connectivity index (χ2n) is 5.01. The lowest BCUT2D eigenvalue weighted by atomic mass is 9.98. The zero-order chi connectivity index (χ0) is 13.3. The van der Waals surface area contributed by atoms with Crippen molar-refractivity contribution < 1.29 is 14.7 Å². The van der Waals surface area contributed by atoms with Gasteiger partial charge in [0, 0.05) is 12.1 Å². The van der Waals surface area contributed by atoms with Crippen LogP contribution in [0.5, 0.6) is 0 Å². The normalized spacial score (nSPS) is 23.1. The fourth-order valence-corrected chi connectivity index (χ4v) is 2.45. The average Bonchev–Trinajstić information content (AvgIpc) is 2.72. The number of aryl methyl sites for hydroxylation is 1. The quantitative estimate of drug-likeness (QED) is 0.870. The third kappa shape index (κ3) is 1.98. The number of aliphatic carboxylic acids is 1. The molecule has 0 spiro atoms. The van der Waals surface area contributed by atoms with Crippen LogP contribution in [0.2, 0.25) is 0 Å². The molecule has 0 radical (unpaired) electrons. The molecule has 18 heavy (non-hydrogen) atoms. The van der Waals surface area contributed by atoms with E-state index in [4.69, 9.17) is 0 Å². The standard InChI is InChI=1S/C14H17NO3/c1-10-5-3-6-11(9-10)12(16)15-8-4-7-14(15,2)13(17)18/h3,5-6,9H,4,7-8H2,1-2H3,(H,17,18). The molecule has 1 unspecified atom stereocenters. The molecule has 1 fully saturated rings. The van der Waals surface area contributed by atoms with Gasteiger partial charge in [-0.15, -0.1) is 0 Å². The van der Waals surface area contributed by atoms with Gasteiger partial charge in [0.25, 0.3) is 5.91 Å². The van der Waals surface area contributed by atoms with Crippen LogP contribution in [0.3, 0.4) is 0 Å². The summed E-state index contributed by atoms with van der Waals surface area (Å²) >= 11 is 0. The fourth-order valence-electron chi connectivity index (χ4n) is 2.45. The van der Waals surface area contributed by atoms with E-state index in [0.29, 0.717) is 18.5 Å². The summed E-state index contributed by atoms with van der Waals surface area (Å²) < 4.78 is 0. The largest absolute Gasteiger partial charge is 0.480 e. The molecule has 1 aliphatic rings. The van der Waals surface area contributed by atoms with E-state index in [1.165, 1.54) is 4.90 Å². The molecule has 0 aliphatic carbocycles. The first kappa shape index (κ1) is 12.6. The monoisotopic (exact) mass is 247 g/mol. The minimum atomic E-state index is -1.07. The van der Waals surface area contributed by atoms with Gasteiger partial charge in [0.1, 0.15) is 5.54 Å². The average molecular weight is 247 g/mol. The topological polar surface area (TPSA) is 57.6 Å². The Morgan fingerprint density at radius 3 is 2.72 bits per heavy atom. The van der Waals surface area contributed by atoms with E-state index in [0.717, 1.165) is 12.0 Å². The van der Waals surface area contributed by atoms with Crippen molar-refractivity contribution in [2.45, 2.75) is 32.2 Å². The lowest BCUT2D eigenvalue weighted by Gasteiger charge is -2.31. The lowest BCUT2D eigenvalue weighted by Crippen LogP contribution is -2.50. The molecule has 96 valence electrons. The van der Waals surface area contributed by atoms with Gasteiger partial charge in [-0.25, -0.2) is 4.79 Å². The van der Waals surface area contributed by atoms with Crippen molar-refractivity contribution >= 4 is 11.9 Å². The van der Waals surface area contributed by atoms with Crippen molar-refractivity contribution in [3.05, 3.63) is 35.4 Å². The Kier molecular flexibility index (Phi) is 3.11. The van der Waals surface area contributed by atoms with Crippen LogP contribution < -0.4 is 0 Å². The Labute approximate surface area is 106 Å². The van der Waals surface area contributed by atoms with Crippen molar-refractivity contribution in [2.24, 2.45) is 0 Å². The Morgan fingerprint density at radius 1 is 1.39 bits per heavy atom. The Morgan fingerprint density at radius 2 is 2.11 bits per heavy atom. The summed E-state index contributed by atoms with van der Waals surface area (Å²) in [5.74, 6) is -1.12. The van der Waals surface area contributed by atoms with Gasteiger partial charge in [-0.1, -0.05) is 17.7 Å². The molecule has 0 aromatic heterocycles. The summed E-state index contributed by atoms with van der Waals surface area (Å²) in [6.07, 6.45) is 1.25. The predicted molar refractivity (Wildman–Crippen MR) is 67.5 cm³/mol. The van der Waals surface area contributed by atoms with Crippen molar-refractivity contribution in [3.63, 3.8) is 0 Å². The third-order valence-corrected chi connectivity index (χ3v) is 3.61. The van der Waals surface area contributed by atoms with Crippen LogP contribution in [0.1, 0.15) is 35.7 Å². The number of likely N-dealkylation sites (tertiary alicyclic amines) is 1. The predicted octanol–water partition coefficient (Wildman–Crippen LogP) is 2.07. The van der Waals surface area contributed by atoms with E-state index in [1.807, 2.05) is 19.1 Å². The molecule has 4 nitrogen and oxygen atoms in total. The number of carbonyl (C=O) groups excluding carboxylic acids is 1. The van der Waals surface area contributed by atoms with Gasteiger partial charge in [-0.3, -0.25) is 4.79 Å². The van der Waals surface area contributed by atoms with Gasteiger partial charge >= 0.3 is 5.97 Å². The number of benzene rings is 1. The smallest absolute Gasteiger partial charge is 0.329 e. The third-order valence-electron chi connectivity index (χ3n) is 3.61. The Hall–Kier alpha value is -1.84. The summed E-state index contributed by atoms with van der Waals surface area (Å²) in [5.41, 5.74) is 0.488. The highest BCUT2D eigenvalue weighted by Gasteiger charge is 2.46. The minimum absolute atomic E-state index is 0.193. The van der Waals surface area contributed by atoms with Crippen LogP contribution >= 0.6 is 0 Å². The van der Waals surface area contributed by atoms with E-state index >= 15 is 0 Å². The molecule has 1 aliphatic heterocycles. The first-order chi connectivity index (χ1) is 8.45. The fraction of sp³-hybridized carbons (Fsp3) is 0.429. The molecule has 1 atom stereocenters. The van der Waals surface area contributed by atoms with E-state index in [-0.39, 0.29) is 5.91 Å². The highest BCUT2D eigenvalue weighted by atomic mass is 16.4. The highest BCUT2D eigenvalue weighted by Crippen LogP contribution is 2.30. The molecule has 1 aromatic rings. The number of carbonyl (C=O) groups is 2. The second kappa shape index (κ2) is 4.44. The van der Waals surface area contributed by atoms with Crippen LogP contribution in [-0.2, 0) is 4.79 Å². The maximum Gasteiger partial charge on any atom is 0.329 e. The molecule has 1 heterocycles. The summed E-state index contributed by atoms with van der Waals surface area (Å²) in [6.45, 7) is 4.04. The maximum absolute atomic E-state index is 12.4. The van der Waals surface area contributed by atoms with Gasteiger partial charge in [-0.2, -0.15) is 0 Å². The Balaban J connectivity index is 2.32. The molecular formula is C14H17NO3. The lowest BCUT2D eigenvalue weighted by molar-refractivity contribution is -0.147. The summed E-state index contributed by atoms with van der Waals surface area (Å²) in [6, 6.07) is 7.26. The molecule has 4 heteroatoms. The van der Waals surface area contributed by atoms with Gasteiger partial charge < -0.3 is 10.0 Å². The maximum atomic E-state index is 12.4. The van der Waals surface area contributed by atoms with Crippen LogP contribution in [0.15, 0.2) is 24.3 Å². The van der Waals surface area contributed by atoms with Crippen molar-refractivity contribution in [1.82, 2.24) is 4.90 Å². The molecule has 1 aromatic carbocycles. The number of rotatable bonds is 2. The van der Waals surface area contributed by atoms with E-state index < -0.39 is 11.5 Å². The summed E-state index contributed by atoms with van der Waals surface area (Å²) in [7, 11) is 0. The van der Waals surface area contributed by atoms with Gasteiger partial charge in [-0.05, 0) is 38.8 Å². The van der Waals surface area contributed by atoms with Crippen LogP contribution in [-0.4, -0.2) is 34.0 Å². The van der Waals surface area contributed by atoms with Crippen molar-refractivity contribution in [1.29, 1.82) is 0 Å². The second-order valence-corrected chi connectivity index (χ2v) is 5.01. The first-order valence-electron chi connectivity index (χ1n) is 6.07. The molecule has 1 amide bonds. The zero-order valence-electron chi connectivity index (χ0n) is 10.6. The first-order valence-corrected chi connectivity index (χ1v) is 6.07. The van der Waals surface area contributed by atoms with Crippen molar-refractivity contribution in [2.75, 3.05) is 6.54 Å². The SMILES string of the molecule is Cc1cccc(C(=O)N2CCCC2(C)C(=O)O)c1. The zero-order valence-corrected chi connectivity index (χ0v) is 10.6. The van der Waals surface area contributed by atoms with Crippen LogP contribution in [0.25, 0.3) is 0 Å². The Bertz CT molecular complexity index is 498. The van der Waals surface area contributed by atoms with Gasteiger partial charge in [0.05, 0.1) is 0 Å². The number of hydrogen-bond acceptors (Lipinski definition) is 2. The van der Waals surface area contributed by atoms with Crippen molar-refractivity contribution in [3.8, 4) is 0 Å². The van der Waals surface area contributed by atoms with E-state index in [1.54, 1.807) is 19.1 Å². The van der Waals surface area contributed by atoms with E-state index in [2.05, 4.69) is 0 Å². The molecular weight excluding hydrogens is 230 g/mol. The van der Waals surface area contributed by atoms with Crippen LogP contribution in [0, 0.1) is 6.92 Å². The van der Waals surface area contributed by atoms with Gasteiger partial charge in [0.2, 0.25) is 0 Å². The molecule has 1 N–H and O–H groups in total. The summed E-state index contributed by atoms with van der Waals surface area (Å²) in [5, 5.41) is 9.30. The highest BCUT2D eigenvalue weighted by molar-refractivity contribution is 5.98. The molecule has 2 rings (SSSR count). The number of nitrogens with zero attached hydrogens (tertiary/aromatic N) is 1. The summed E-state index contributed by atoms with van der Waals surface area (Å²) in [4.78, 5) is 25.2. The molecule has 0 saturated carbocycles. The van der Waals surface area contributed by atoms with Gasteiger partial charge in [0.15, 0.2) is 0 Å². The van der Waals surface area contributed by atoms with E-state index in [9.17, 15) is 14.7 Å². The number of amides is 1. The molecule has 1 saturated heterocycles. The number of carboxylic acid groups (broad SMARTS) is 1. The minimum Gasteiger partial charge on any atom is -0.480 e. The molecule has 0 bridgehead atoms. The van der Waals surface area contributed by atoms with Crippen LogP contribution in [0.4, 0.5) is 0 Å². The number of carboxylic acids is 1. The number of hydrogen-bond donors (Lipinski definition) is 1.